The van der Waals surface area contributed by atoms with Crippen molar-refractivity contribution in [3.05, 3.63) is 30.1 Å². The van der Waals surface area contributed by atoms with Crippen molar-refractivity contribution in [2.24, 2.45) is 7.05 Å². The summed E-state index contributed by atoms with van der Waals surface area (Å²) < 4.78 is 2.02. The number of hydrogen-bond donors (Lipinski definition) is 0. The standard InChI is InChI=1S/C16H24N6/c1-16(2,3)13-5-8-17-15(19-13)22-9-6-12(7-10-22)14-20-18-11-21(14)4/h5,8,11-12H,6-7,9-10H2,1-4H3. The Balaban J connectivity index is 1.70. The number of nitrogens with zero attached hydrogens (tertiary/aromatic N) is 6. The van der Waals surface area contributed by atoms with Crippen LogP contribution in [-0.4, -0.2) is 37.8 Å². The van der Waals surface area contributed by atoms with E-state index in [4.69, 9.17) is 4.98 Å². The van der Waals surface area contributed by atoms with Gasteiger partial charge in [0.05, 0.1) is 5.69 Å². The minimum Gasteiger partial charge on any atom is -0.341 e. The molecule has 0 radical (unpaired) electrons. The first-order valence-corrected chi connectivity index (χ1v) is 7.87. The lowest BCUT2D eigenvalue weighted by molar-refractivity contribution is 0.467. The maximum Gasteiger partial charge on any atom is 0.225 e. The van der Waals surface area contributed by atoms with Gasteiger partial charge in [-0.05, 0) is 18.9 Å². The van der Waals surface area contributed by atoms with Crippen LogP contribution in [0.15, 0.2) is 18.6 Å². The first kappa shape index (κ1) is 14.9. The number of aromatic nitrogens is 5. The minimum atomic E-state index is 0.0502. The first-order chi connectivity index (χ1) is 10.4. The molecule has 0 bridgehead atoms. The predicted octanol–water partition coefficient (Wildman–Crippen LogP) is 2.29. The van der Waals surface area contributed by atoms with Crippen LogP contribution in [-0.2, 0) is 12.5 Å². The Morgan fingerprint density at radius 3 is 2.50 bits per heavy atom. The van der Waals surface area contributed by atoms with Gasteiger partial charge in [-0.15, -0.1) is 10.2 Å². The molecule has 6 heteroatoms. The van der Waals surface area contributed by atoms with Crippen molar-refractivity contribution in [2.45, 2.75) is 44.9 Å². The van der Waals surface area contributed by atoms with E-state index >= 15 is 0 Å². The normalized spacial score (nSPS) is 17.0. The van der Waals surface area contributed by atoms with Crippen LogP contribution in [0.2, 0.25) is 0 Å². The van der Waals surface area contributed by atoms with E-state index in [0.717, 1.165) is 43.4 Å². The molecule has 2 aromatic rings. The van der Waals surface area contributed by atoms with Crippen molar-refractivity contribution in [2.75, 3.05) is 18.0 Å². The number of piperidine rings is 1. The van der Waals surface area contributed by atoms with Gasteiger partial charge in [0.15, 0.2) is 0 Å². The van der Waals surface area contributed by atoms with Crippen molar-refractivity contribution in [3.8, 4) is 0 Å². The molecule has 1 fully saturated rings. The zero-order valence-corrected chi connectivity index (χ0v) is 13.8. The van der Waals surface area contributed by atoms with Gasteiger partial charge in [0.1, 0.15) is 12.2 Å². The molecular formula is C16H24N6. The zero-order valence-electron chi connectivity index (χ0n) is 13.8. The van der Waals surface area contributed by atoms with Gasteiger partial charge in [-0.25, -0.2) is 9.97 Å². The highest BCUT2D eigenvalue weighted by atomic mass is 15.3. The van der Waals surface area contributed by atoms with Crippen molar-refractivity contribution in [1.82, 2.24) is 24.7 Å². The summed E-state index contributed by atoms with van der Waals surface area (Å²) in [4.78, 5) is 11.5. The van der Waals surface area contributed by atoms with Crippen LogP contribution < -0.4 is 4.90 Å². The summed E-state index contributed by atoms with van der Waals surface area (Å²) in [5.74, 6) is 2.42. The number of anilines is 1. The second-order valence-electron chi connectivity index (χ2n) is 7.05. The van der Waals surface area contributed by atoms with Gasteiger partial charge in [-0.3, -0.25) is 0 Å². The SMILES string of the molecule is Cn1cnnc1C1CCN(c2nccc(C(C)(C)C)n2)CC1. The van der Waals surface area contributed by atoms with Gasteiger partial charge in [0, 0.05) is 37.7 Å². The molecule has 6 nitrogen and oxygen atoms in total. The van der Waals surface area contributed by atoms with Gasteiger partial charge in [-0.1, -0.05) is 20.8 Å². The summed E-state index contributed by atoms with van der Waals surface area (Å²) in [5.41, 5.74) is 1.14. The summed E-state index contributed by atoms with van der Waals surface area (Å²) in [7, 11) is 2.01. The fourth-order valence-corrected chi connectivity index (χ4v) is 2.92. The molecule has 3 heterocycles. The Kier molecular flexibility index (Phi) is 3.85. The average Bonchev–Trinajstić information content (AvgIpc) is 2.93. The minimum absolute atomic E-state index is 0.0502. The van der Waals surface area contributed by atoms with Crippen LogP contribution >= 0.6 is 0 Å². The summed E-state index contributed by atoms with van der Waals surface area (Å²) in [6.07, 6.45) is 5.78. The first-order valence-electron chi connectivity index (χ1n) is 7.87. The summed E-state index contributed by atoms with van der Waals surface area (Å²) in [5, 5.41) is 8.23. The van der Waals surface area contributed by atoms with Gasteiger partial charge in [0.25, 0.3) is 0 Å². The number of hydrogen-bond acceptors (Lipinski definition) is 5. The van der Waals surface area contributed by atoms with Crippen molar-refractivity contribution in [1.29, 1.82) is 0 Å². The molecular weight excluding hydrogens is 276 g/mol. The monoisotopic (exact) mass is 300 g/mol. The van der Waals surface area contributed by atoms with Crippen LogP contribution in [0.4, 0.5) is 5.95 Å². The van der Waals surface area contributed by atoms with Crippen LogP contribution in [0.5, 0.6) is 0 Å². The summed E-state index contributed by atoms with van der Waals surface area (Å²) >= 11 is 0. The van der Waals surface area contributed by atoms with Crippen molar-refractivity contribution < 1.29 is 0 Å². The second-order valence-corrected chi connectivity index (χ2v) is 7.05. The molecule has 0 unspecified atom stereocenters. The van der Waals surface area contributed by atoms with Crippen LogP contribution in [0.3, 0.4) is 0 Å². The van der Waals surface area contributed by atoms with E-state index in [1.165, 1.54) is 0 Å². The Labute approximate surface area is 131 Å². The third-order valence-electron chi connectivity index (χ3n) is 4.30. The van der Waals surface area contributed by atoms with E-state index < -0.39 is 0 Å². The quantitative estimate of drug-likeness (QED) is 0.851. The average molecular weight is 300 g/mol. The molecule has 0 aromatic carbocycles. The Bertz CT molecular complexity index is 634. The molecule has 1 saturated heterocycles. The number of aryl methyl sites for hydroxylation is 1. The van der Waals surface area contributed by atoms with Crippen molar-refractivity contribution in [3.63, 3.8) is 0 Å². The zero-order chi connectivity index (χ0) is 15.7. The molecule has 0 amide bonds. The van der Waals surface area contributed by atoms with Gasteiger partial charge >= 0.3 is 0 Å². The Hall–Kier alpha value is -1.98. The lowest BCUT2D eigenvalue weighted by Gasteiger charge is -2.32. The number of rotatable bonds is 2. The lowest BCUT2D eigenvalue weighted by atomic mass is 9.92. The summed E-state index contributed by atoms with van der Waals surface area (Å²) in [6.45, 7) is 8.47. The smallest absolute Gasteiger partial charge is 0.225 e. The highest BCUT2D eigenvalue weighted by Crippen LogP contribution is 2.28. The van der Waals surface area contributed by atoms with Crippen LogP contribution in [0, 0.1) is 0 Å². The molecule has 2 aromatic heterocycles. The van der Waals surface area contributed by atoms with E-state index in [2.05, 4.69) is 40.9 Å². The van der Waals surface area contributed by atoms with Gasteiger partial charge < -0.3 is 9.47 Å². The summed E-state index contributed by atoms with van der Waals surface area (Å²) in [6, 6.07) is 2.01. The van der Waals surface area contributed by atoms with Crippen LogP contribution in [0.1, 0.15) is 51.0 Å². The van der Waals surface area contributed by atoms with Crippen molar-refractivity contribution >= 4 is 5.95 Å². The third-order valence-corrected chi connectivity index (χ3v) is 4.30. The second kappa shape index (κ2) is 5.66. The van der Waals surface area contributed by atoms with Gasteiger partial charge in [-0.2, -0.15) is 0 Å². The van der Waals surface area contributed by atoms with E-state index in [1.54, 1.807) is 6.33 Å². The molecule has 0 saturated carbocycles. The highest BCUT2D eigenvalue weighted by molar-refractivity contribution is 5.33. The Morgan fingerprint density at radius 1 is 1.18 bits per heavy atom. The van der Waals surface area contributed by atoms with E-state index in [9.17, 15) is 0 Å². The predicted molar refractivity (Wildman–Crippen MR) is 85.9 cm³/mol. The maximum atomic E-state index is 4.75. The van der Waals surface area contributed by atoms with E-state index in [1.807, 2.05) is 23.9 Å². The molecule has 0 N–H and O–H groups in total. The van der Waals surface area contributed by atoms with Gasteiger partial charge in [0.2, 0.25) is 5.95 Å². The molecule has 3 rings (SSSR count). The molecule has 0 spiro atoms. The topological polar surface area (TPSA) is 59.7 Å². The highest BCUT2D eigenvalue weighted by Gasteiger charge is 2.26. The fraction of sp³-hybridized carbons (Fsp3) is 0.625. The van der Waals surface area contributed by atoms with E-state index in [0.29, 0.717) is 5.92 Å². The molecule has 0 aliphatic carbocycles. The maximum absolute atomic E-state index is 4.75. The van der Waals surface area contributed by atoms with Crippen LogP contribution in [0.25, 0.3) is 0 Å². The third kappa shape index (κ3) is 2.96. The van der Waals surface area contributed by atoms with E-state index in [-0.39, 0.29) is 5.41 Å². The molecule has 22 heavy (non-hydrogen) atoms. The molecule has 1 aliphatic heterocycles. The lowest BCUT2D eigenvalue weighted by Crippen LogP contribution is -2.35. The fourth-order valence-electron chi connectivity index (χ4n) is 2.92. The molecule has 1 aliphatic rings. The molecule has 118 valence electrons. The Morgan fingerprint density at radius 2 is 1.91 bits per heavy atom. The largest absolute Gasteiger partial charge is 0.341 e. The molecule has 0 atom stereocenters.